The molecule has 5 aliphatic rings. The standard InChI is InChI=1S/C28H33N3O2.C10H18O.C2H7NS.C2H6/c1-4-9-20-19(5-2)25-23(17-10-7-6-8-11-17)21-13-12-18(26(29)32)14-22(21)31(25)15-28(27(30)33)16(3)24(20)28;1-7-10(4)6-5-8(11-7)9(10,2)3;1-3(2)4;1-2/h4-5,9,12-14,16-17,24H,1,6-8,10-11,15H2,2-3H3,(H2,29,32)(H2,30,33);7-8H,5-6H2,1-4H3;4H,1-2H3;1-2H3/b19-5+,20-9+;;;/t16-,24?,28?;;;/m0.../s1. The van der Waals surface area contributed by atoms with Crippen molar-refractivity contribution in [3.8, 4) is 0 Å². The number of fused-ring (bicyclic) bond motifs is 6. The molecule has 7 nitrogen and oxygen atoms in total. The highest BCUT2D eigenvalue weighted by molar-refractivity contribution is 7.77. The lowest BCUT2D eigenvalue weighted by molar-refractivity contribution is -0.124. The largest absolute Gasteiger partial charge is 0.374 e. The van der Waals surface area contributed by atoms with Gasteiger partial charge in [-0.1, -0.05) is 104 Å². The van der Waals surface area contributed by atoms with Gasteiger partial charge in [0.15, 0.2) is 0 Å². The summed E-state index contributed by atoms with van der Waals surface area (Å²) in [4.78, 5) is 25.0. The Morgan fingerprint density at radius 1 is 1.06 bits per heavy atom. The average Bonchev–Trinajstić information content (AvgIpc) is 3.42. The molecule has 3 saturated carbocycles. The highest BCUT2D eigenvalue weighted by Crippen LogP contribution is 2.67. The van der Waals surface area contributed by atoms with Gasteiger partial charge in [0.05, 0.1) is 23.3 Å². The van der Waals surface area contributed by atoms with Crippen molar-refractivity contribution < 1.29 is 14.3 Å². The number of thiol groups is 1. The topological polar surface area (TPSA) is 104 Å². The Morgan fingerprint density at radius 2 is 1.68 bits per heavy atom. The van der Waals surface area contributed by atoms with Crippen molar-refractivity contribution in [3.05, 3.63) is 65.4 Å². The Hall–Kier alpha value is -2.81. The summed E-state index contributed by atoms with van der Waals surface area (Å²) in [5.41, 5.74) is 18.2. The number of carbonyl (C=O) groups excluding carboxylic acids is 2. The number of carbonyl (C=O) groups is 2. The third kappa shape index (κ3) is 6.65. The van der Waals surface area contributed by atoms with E-state index < -0.39 is 11.3 Å². The Bertz CT molecular complexity index is 1640. The van der Waals surface area contributed by atoms with E-state index in [-0.39, 0.29) is 17.7 Å². The van der Waals surface area contributed by atoms with E-state index in [1.165, 1.54) is 43.4 Å². The fourth-order valence-corrected chi connectivity index (χ4v) is 9.70. The molecule has 3 aliphatic carbocycles. The number of amides is 2. The van der Waals surface area contributed by atoms with Gasteiger partial charge in [-0.25, -0.2) is 0 Å². The van der Waals surface area contributed by atoms with Crippen molar-refractivity contribution >= 4 is 41.1 Å². The van der Waals surface area contributed by atoms with Crippen LogP contribution in [-0.4, -0.2) is 47.0 Å². The number of primary amides is 2. The van der Waals surface area contributed by atoms with E-state index >= 15 is 0 Å². The molecule has 2 amide bonds. The minimum Gasteiger partial charge on any atom is -0.374 e. The predicted molar refractivity (Wildman–Crippen MR) is 212 cm³/mol. The number of aromatic nitrogens is 1. The van der Waals surface area contributed by atoms with Gasteiger partial charge >= 0.3 is 0 Å². The second kappa shape index (κ2) is 15.4. The van der Waals surface area contributed by atoms with Gasteiger partial charge in [-0.2, -0.15) is 0 Å². The summed E-state index contributed by atoms with van der Waals surface area (Å²) in [5, 5.41) is 1.16. The number of allylic oxidation sites excluding steroid dienone is 5. The van der Waals surface area contributed by atoms with Crippen LogP contribution in [0.4, 0.5) is 0 Å². The molecule has 2 aliphatic heterocycles. The van der Waals surface area contributed by atoms with Crippen molar-refractivity contribution in [1.82, 2.24) is 8.87 Å². The molecule has 2 bridgehead atoms. The van der Waals surface area contributed by atoms with Crippen molar-refractivity contribution in [3.63, 3.8) is 0 Å². The number of nitrogens with two attached hydrogens (primary N) is 2. The van der Waals surface area contributed by atoms with Crippen molar-refractivity contribution in [2.24, 2.45) is 39.5 Å². The lowest BCUT2D eigenvalue weighted by Gasteiger charge is -2.35. The van der Waals surface area contributed by atoms with Crippen LogP contribution < -0.4 is 11.5 Å². The molecular formula is C42H64N4O3S. The highest BCUT2D eigenvalue weighted by atomic mass is 32.1. The molecule has 5 unspecified atom stereocenters. The molecule has 1 aromatic heterocycles. The molecule has 1 aromatic carbocycles. The molecule has 8 heteroatoms. The van der Waals surface area contributed by atoms with Crippen LogP contribution in [0.25, 0.3) is 16.5 Å². The van der Waals surface area contributed by atoms with Crippen LogP contribution in [0.15, 0.2) is 48.6 Å². The van der Waals surface area contributed by atoms with Crippen LogP contribution in [0.2, 0.25) is 0 Å². The van der Waals surface area contributed by atoms with Gasteiger partial charge in [-0.3, -0.25) is 13.9 Å². The summed E-state index contributed by atoms with van der Waals surface area (Å²) < 4.78 is 9.84. The molecule has 2 aromatic rings. The Morgan fingerprint density at radius 3 is 2.12 bits per heavy atom. The van der Waals surface area contributed by atoms with E-state index in [4.69, 9.17) is 16.2 Å². The molecule has 50 heavy (non-hydrogen) atoms. The van der Waals surface area contributed by atoms with Gasteiger partial charge < -0.3 is 20.8 Å². The molecular weight excluding hydrogens is 641 g/mol. The van der Waals surface area contributed by atoms with Crippen LogP contribution in [0.3, 0.4) is 0 Å². The Labute approximate surface area is 307 Å². The third-order valence-electron chi connectivity index (χ3n) is 13.0. The first-order valence-corrected chi connectivity index (χ1v) is 19.3. The first kappa shape index (κ1) is 40.0. The zero-order valence-corrected chi connectivity index (χ0v) is 33.3. The normalized spacial score (nSPS) is 32.1. The summed E-state index contributed by atoms with van der Waals surface area (Å²) in [6, 6.07) is 5.79. The van der Waals surface area contributed by atoms with Gasteiger partial charge in [0.25, 0.3) is 0 Å². The Kier molecular flexibility index (Phi) is 12.3. The monoisotopic (exact) mass is 704 g/mol. The van der Waals surface area contributed by atoms with Crippen LogP contribution >= 0.6 is 12.8 Å². The van der Waals surface area contributed by atoms with E-state index in [0.29, 0.717) is 41.1 Å². The molecule has 7 rings (SSSR count). The number of nitrogens with zero attached hydrogens (tertiary/aromatic N) is 2. The number of rotatable bonds is 4. The van der Waals surface area contributed by atoms with Crippen LogP contribution in [0.1, 0.15) is 128 Å². The summed E-state index contributed by atoms with van der Waals surface area (Å²) in [6.07, 6.45) is 15.7. The van der Waals surface area contributed by atoms with Crippen molar-refractivity contribution in [2.75, 3.05) is 14.1 Å². The minimum atomic E-state index is -0.646. The molecule has 0 spiro atoms. The maximum atomic E-state index is 12.9. The summed E-state index contributed by atoms with van der Waals surface area (Å²) in [7, 11) is 3.73. The SMILES string of the molecule is C=C/C=C1\C(=C/C)c2c(C3CCCCC3)c3ccc(C(N)=O)cc3n2CC2(C(N)=O)C1[C@@H]2C.CC.CC1OC2CCC1(C)C2(C)C.CN(C)S. The van der Waals surface area contributed by atoms with Gasteiger partial charge in [0, 0.05) is 34.3 Å². The van der Waals surface area contributed by atoms with E-state index in [1.54, 1.807) is 4.31 Å². The summed E-state index contributed by atoms with van der Waals surface area (Å²) >= 11 is 3.80. The predicted octanol–water partition coefficient (Wildman–Crippen LogP) is 9.07. The molecule has 4 fully saturated rings. The van der Waals surface area contributed by atoms with Crippen LogP contribution in [0.5, 0.6) is 0 Å². The first-order valence-electron chi connectivity index (χ1n) is 18.9. The second-order valence-electron chi connectivity index (χ2n) is 15.8. The van der Waals surface area contributed by atoms with Crippen LogP contribution in [0, 0.1) is 28.1 Å². The number of benzene rings is 1. The first-order chi connectivity index (χ1) is 23.6. The van der Waals surface area contributed by atoms with Gasteiger partial charge in [0.2, 0.25) is 11.8 Å². The zero-order valence-electron chi connectivity index (χ0n) is 32.4. The Balaban J connectivity index is 0.000000272. The third-order valence-corrected chi connectivity index (χ3v) is 13.0. The van der Waals surface area contributed by atoms with Crippen molar-refractivity contribution in [2.45, 2.75) is 125 Å². The van der Waals surface area contributed by atoms with E-state index in [1.807, 2.05) is 46.2 Å². The fourth-order valence-electron chi connectivity index (χ4n) is 9.70. The second-order valence-corrected chi connectivity index (χ2v) is 16.6. The van der Waals surface area contributed by atoms with E-state index in [2.05, 4.69) is 83.7 Å². The molecule has 4 N–H and O–H groups in total. The quantitative estimate of drug-likeness (QED) is 0.276. The number of hydrogen-bond acceptors (Lipinski definition) is 5. The summed E-state index contributed by atoms with van der Waals surface area (Å²) in [5.74, 6) is -0.0495. The molecule has 0 radical (unpaired) electrons. The smallest absolute Gasteiger partial charge is 0.248 e. The highest BCUT2D eigenvalue weighted by Gasteiger charge is 2.69. The number of hydrogen-bond donors (Lipinski definition) is 3. The lowest BCUT2D eigenvalue weighted by Crippen LogP contribution is -2.34. The molecule has 276 valence electrons. The van der Waals surface area contributed by atoms with Gasteiger partial charge in [-0.15, -0.1) is 0 Å². The fraction of sp³-hybridized carbons (Fsp3) is 0.619. The molecule has 3 heterocycles. The van der Waals surface area contributed by atoms with Crippen LogP contribution in [-0.2, 0) is 16.1 Å². The molecule has 1 saturated heterocycles. The van der Waals surface area contributed by atoms with Crippen molar-refractivity contribution in [1.29, 1.82) is 0 Å². The summed E-state index contributed by atoms with van der Waals surface area (Å²) in [6.45, 7) is 22.0. The van der Waals surface area contributed by atoms with E-state index in [0.717, 1.165) is 34.9 Å². The lowest BCUT2D eigenvalue weighted by atomic mass is 9.68. The van der Waals surface area contributed by atoms with Gasteiger partial charge in [0.1, 0.15) is 0 Å². The molecule has 6 atom stereocenters. The number of ether oxygens (including phenoxy) is 1. The average molecular weight is 705 g/mol. The van der Waals surface area contributed by atoms with E-state index in [9.17, 15) is 9.59 Å². The maximum Gasteiger partial charge on any atom is 0.248 e. The zero-order chi connectivity index (χ0) is 37.3. The van der Waals surface area contributed by atoms with Gasteiger partial charge in [-0.05, 0) is 99.7 Å². The minimum absolute atomic E-state index is 0.0627. The maximum absolute atomic E-state index is 12.9.